The third-order valence-electron chi connectivity index (χ3n) is 5.12. The van der Waals surface area contributed by atoms with Crippen LogP contribution in [-0.4, -0.2) is 54.0 Å². The number of nitrogens with one attached hydrogen (secondary N) is 1. The molecule has 1 unspecified atom stereocenters. The van der Waals surface area contributed by atoms with Gasteiger partial charge in [-0.15, -0.1) is 0 Å². The number of hydrogen-bond acceptors (Lipinski definition) is 6. The van der Waals surface area contributed by atoms with Crippen LogP contribution in [0.25, 0.3) is 0 Å². The molecular formula is C20H24FN3O5S2. The summed E-state index contributed by atoms with van der Waals surface area (Å²) in [4.78, 5) is 13.7. The second-order valence-electron chi connectivity index (χ2n) is 7.56. The molecule has 1 fully saturated rings. The molecule has 0 bridgehead atoms. The summed E-state index contributed by atoms with van der Waals surface area (Å²) in [7, 11) is -4.28. The van der Waals surface area contributed by atoms with E-state index in [1.807, 2.05) is 0 Å². The number of amides is 1. The van der Waals surface area contributed by atoms with Crippen LogP contribution in [0.2, 0.25) is 0 Å². The first kappa shape index (κ1) is 23.3. The van der Waals surface area contributed by atoms with Crippen molar-refractivity contribution in [2.24, 2.45) is 0 Å². The summed E-state index contributed by atoms with van der Waals surface area (Å²) in [6, 6.07) is 9.50. The van der Waals surface area contributed by atoms with E-state index in [2.05, 4.69) is 4.72 Å². The van der Waals surface area contributed by atoms with E-state index < -0.39 is 26.0 Å². The lowest BCUT2D eigenvalue weighted by Crippen LogP contribution is -2.35. The first-order valence-electron chi connectivity index (χ1n) is 9.50. The summed E-state index contributed by atoms with van der Waals surface area (Å²) in [6.45, 7) is 1.59. The lowest BCUT2D eigenvalue weighted by atomic mass is 10.1. The minimum atomic E-state index is -4.03. The van der Waals surface area contributed by atoms with Crippen molar-refractivity contribution in [1.82, 2.24) is 9.62 Å². The minimum absolute atomic E-state index is 0.00355. The highest BCUT2D eigenvalue weighted by molar-refractivity contribution is 7.94. The van der Waals surface area contributed by atoms with Gasteiger partial charge >= 0.3 is 0 Å². The van der Waals surface area contributed by atoms with Crippen LogP contribution in [0.1, 0.15) is 23.6 Å². The van der Waals surface area contributed by atoms with Gasteiger partial charge in [0.2, 0.25) is 26.0 Å². The average Bonchev–Trinajstić information content (AvgIpc) is 2.96. The van der Waals surface area contributed by atoms with Gasteiger partial charge in [0.15, 0.2) is 0 Å². The van der Waals surface area contributed by atoms with Crippen LogP contribution in [0.3, 0.4) is 0 Å². The second kappa shape index (κ2) is 8.65. The van der Waals surface area contributed by atoms with Gasteiger partial charge in [0.05, 0.1) is 16.3 Å². The van der Waals surface area contributed by atoms with E-state index >= 15 is 0 Å². The van der Waals surface area contributed by atoms with Gasteiger partial charge in [0.25, 0.3) is 0 Å². The Kier molecular flexibility index (Phi) is 6.51. The molecular weight excluding hydrogens is 445 g/mol. The molecule has 1 N–H and O–H groups in total. The number of rotatable bonds is 7. The number of aryl methyl sites for hydroxylation is 1. The highest BCUT2D eigenvalue weighted by Gasteiger charge is 2.37. The van der Waals surface area contributed by atoms with Gasteiger partial charge in [0.1, 0.15) is 5.82 Å². The molecule has 1 aliphatic heterocycles. The van der Waals surface area contributed by atoms with Crippen molar-refractivity contribution in [1.29, 1.82) is 0 Å². The van der Waals surface area contributed by atoms with E-state index in [0.29, 0.717) is 9.87 Å². The monoisotopic (exact) mass is 469 g/mol. The Hall–Kier alpha value is -2.34. The van der Waals surface area contributed by atoms with E-state index in [1.54, 1.807) is 38.1 Å². The SMILES string of the molecule is Cc1ccc(N2C(=O)CCS2(=O)=O)cc1S(=O)(=O)NCC(c1ccc(F)cc1)N(C)C. The number of hydrogen-bond donors (Lipinski definition) is 1. The molecule has 11 heteroatoms. The van der Waals surface area contributed by atoms with Crippen LogP contribution < -0.4 is 9.03 Å². The first-order valence-corrected chi connectivity index (χ1v) is 12.6. The Bertz CT molecular complexity index is 1200. The Balaban J connectivity index is 1.89. The first-order chi connectivity index (χ1) is 14.4. The summed E-state index contributed by atoms with van der Waals surface area (Å²) in [6.07, 6.45) is -0.140. The molecule has 0 aliphatic carbocycles. The highest BCUT2D eigenvalue weighted by atomic mass is 32.2. The van der Waals surface area contributed by atoms with Crippen LogP contribution >= 0.6 is 0 Å². The average molecular weight is 470 g/mol. The fourth-order valence-corrected chi connectivity index (χ4v) is 6.18. The summed E-state index contributed by atoms with van der Waals surface area (Å²) in [5.74, 6) is -1.28. The minimum Gasteiger partial charge on any atom is -0.301 e. The molecule has 168 valence electrons. The van der Waals surface area contributed by atoms with Crippen molar-refractivity contribution >= 4 is 31.6 Å². The molecule has 0 spiro atoms. The molecule has 3 rings (SSSR count). The zero-order valence-electron chi connectivity index (χ0n) is 17.4. The summed E-state index contributed by atoms with van der Waals surface area (Å²) >= 11 is 0. The maximum absolute atomic E-state index is 13.2. The predicted molar refractivity (Wildman–Crippen MR) is 115 cm³/mol. The van der Waals surface area contributed by atoms with Gasteiger partial charge in [-0.25, -0.2) is 30.3 Å². The van der Waals surface area contributed by atoms with Crippen molar-refractivity contribution < 1.29 is 26.0 Å². The lowest BCUT2D eigenvalue weighted by molar-refractivity contribution is -0.116. The Morgan fingerprint density at radius 1 is 1.16 bits per heavy atom. The van der Waals surface area contributed by atoms with Crippen LogP contribution in [0.15, 0.2) is 47.4 Å². The van der Waals surface area contributed by atoms with Gasteiger partial charge in [-0.1, -0.05) is 18.2 Å². The molecule has 0 saturated carbocycles. The number of halogens is 1. The van der Waals surface area contributed by atoms with Crippen molar-refractivity contribution in [2.75, 3.05) is 30.7 Å². The second-order valence-corrected chi connectivity index (χ2v) is 11.2. The predicted octanol–water partition coefficient (Wildman–Crippen LogP) is 1.78. The van der Waals surface area contributed by atoms with E-state index in [-0.39, 0.29) is 41.2 Å². The van der Waals surface area contributed by atoms with Gasteiger partial charge in [-0.3, -0.25) is 4.79 Å². The van der Waals surface area contributed by atoms with Crippen molar-refractivity contribution in [2.45, 2.75) is 24.3 Å². The van der Waals surface area contributed by atoms with Gasteiger partial charge in [0, 0.05) is 19.0 Å². The molecule has 1 aliphatic rings. The molecule has 31 heavy (non-hydrogen) atoms. The van der Waals surface area contributed by atoms with Gasteiger partial charge < -0.3 is 4.90 Å². The van der Waals surface area contributed by atoms with E-state index in [4.69, 9.17) is 0 Å². The van der Waals surface area contributed by atoms with Crippen molar-refractivity contribution in [3.63, 3.8) is 0 Å². The van der Waals surface area contributed by atoms with Crippen molar-refractivity contribution in [3.05, 3.63) is 59.4 Å². The largest absolute Gasteiger partial charge is 0.301 e. The van der Waals surface area contributed by atoms with Crippen molar-refractivity contribution in [3.8, 4) is 0 Å². The van der Waals surface area contributed by atoms with Gasteiger partial charge in [-0.05, 0) is 56.4 Å². The third-order valence-corrected chi connectivity index (χ3v) is 8.38. The van der Waals surface area contributed by atoms with E-state index in [0.717, 1.165) is 5.56 Å². The molecule has 0 aromatic heterocycles. The van der Waals surface area contributed by atoms with Crippen LogP contribution in [-0.2, 0) is 24.8 Å². The molecule has 0 radical (unpaired) electrons. The lowest BCUT2D eigenvalue weighted by Gasteiger charge is -2.25. The normalized spacial score (nSPS) is 17.3. The number of carbonyl (C=O) groups excluding carboxylic acids is 1. The standard InChI is InChI=1S/C20H24FN3O5S2/c1-14-4-9-17(24-20(25)10-11-30(24,26)27)12-19(14)31(28,29)22-13-18(23(2)3)15-5-7-16(21)8-6-15/h4-9,12,18,22H,10-11,13H2,1-3H3. The zero-order chi connectivity index (χ0) is 23.0. The molecule has 1 amide bonds. The maximum atomic E-state index is 13.2. The maximum Gasteiger partial charge on any atom is 0.242 e. The summed E-state index contributed by atoms with van der Waals surface area (Å²) in [5.41, 5.74) is 1.13. The number of sulfonamides is 2. The Morgan fingerprint density at radius 2 is 1.81 bits per heavy atom. The number of nitrogens with zero attached hydrogens (tertiary/aromatic N) is 2. The van der Waals surface area contributed by atoms with Gasteiger partial charge in [-0.2, -0.15) is 0 Å². The zero-order valence-corrected chi connectivity index (χ0v) is 19.0. The number of anilines is 1. The fourth-order valence-electron chi connectivity index (χ4n) is 3.42. The van der Waals surface area contributed by atoms with E-state index in [9.17, 15) is 26.0 Å². The van der Waals surface area contributed by atoms with E-state index in [1.165, 1.54) is 30.3 Å². The number of benzene rings is 2. The smallest absolute Gasteiger partial charge is 0.242 e. The fraction of sp³-hybridized carbons (Fsp3) is 0.350. The molecule has 8 nitrogen and oxygen atoms in total. The van der Waals surface area contributed by atoms with Crippen LogP contribution in [0, 0.1) is 12.7 Å². The molecule has 1 atom stereocenters. The number of likely N-dealkylation sites (N-methyl/N-ethyl adjacent to an activating group) is 1. The summed E-state index contributed by atoms with van der Waals surface area (Å²) < 4.78 is 66.9. The van der Waals surface area contributed by atoms with Crippen LogP contribution in [0.5, 0.6) is 0 Å². The molecule has 2 aromatic rings. The molecule has 2 aromatic carbocycles. The Morgan fingerprint density at radius 3 is 2.35 bits per heavy atom. The van der Waals surface area contributed by atoms with Crippen LogP contribution in [0.4, 0.5) is 10.1 Å². The quantitative estimate of drug-likeness (QED) is 0.663. The summed E-state index contributed by atoms with van der Waals surface area (Å²) in [5, 5.41) is 0. The molecule has 1 saturated heterocycles. The third kappa shape index (κ3) is 4.95. The Labute approximate surface area is 181 Å². The number of carbonyl (C=O) groups is 1. The topological polar surface area (TPSA) is 104 Å². The molecule has 1 heterocycles. The highest BCUT2D eigenvalue weighted by Crippen LogP contribution is 2.29.